The molecule has 4 heteroatoms. The fourth-order valence-corrected chi connectivity index (χ4v) is 0.907. The van der Waals surface area contributed by atoms with Crippen LogP contribution < -0.4 is 0 Å². The molecule has 0 amide bonds. The van der Waals surface area contributed by atoms with Crippen LogP contribution in [0.3, 0.4) is 0 Å². The number of thiocarbonyl (C=S) groups is 1. The molecule has 0 heterocycles. The molecule has 0 bridgehead atoms. The molecule has 0 aliphatic heterocycles. The highest BCUT2D eigenvalue weighted by molar-refractivity contribution is 7.82. The minimum absolute atomic E-state index is 0.243. The van der Waals surface area contributed by atoms with Gasteiger partial charge in [-0.3, -0.25) is 0 Å². The molecule has 0 radical (unpaired) electrons. The van der Waals surface area contributed by atoms with E-state index in [1.54, 1.807) is 19.1 Å². The van der Waals surface area contributed by atoms with E-state index in [9.17, 15) is 4.79 Å². The summed E-state index contributed by atoms with van der Waals surface area (Å²) >= 11 is 4.64. The number of allylic oxidation sites excluding steroid dienone is 1. The summed E-state index contributed by atoms with van der Waals surface area (Å²) in [5.74, 6) is -0.394. The minimum atomic E-state index is -0.394. The van der Waals surface area contributed by atoms with Crippen LogP contribution in [0.4, 0.5) is 0 Å². The minimum Gasteiger partial charge on any atom is -0.525 e. The predicted octanol–water partition coefficient (Wildman–Crippen LogP) is -0.244. The van der Waals surface area contributed by atoms with Crippen LogP contribution in [0.1, 0.15) is 6.92 Å². The molecular formula is C5H8O2SSi. The maximum absolute atomic E-state index is 10.5. The molecule has 0 saturated carbocycles. The van der Waals surface area contributed by atoms with Crippen molar-refractivity contribution in [2.45, 2.75) is 6.92 Å². The second-order valence-electron chi connectivity index (χ2n) is 1.36. The van der Waals surface area contributed by atoms with E-state index in [0.717, 1.165) is 0 Å². The van der Waals surface area contributed by atoms with Gasteiger partial charge in [0.25, 0.3) is 0 Å². The van der Waals surface area contributed by atoms with E-state index >= 15 is 0 Å². The van der Waals surface area contributed by atoms with Crippen molar-refractivity contribution in [2.75, 3.05) is 0 Å². The summed E-state index contributed by atoms with van der Waals surface area (Å²) in [4.78, 5) is 10.8. The molecule has 9 heavy (non-hydrogen) atoms. The van der Waals surface area contributed by atoms with Gasteiger partial charge in [0.1, 0.15) is 4.86 Å². The fourth-order valence-electron chi connectivity index (χ4n) is 0.320. The molecule has 0 unspecified atom stereocenters. The van der Waals surface area contributed by atoms with Gasteiger partial charge >= 0.3 is 5.97 Å². The average Bonchev–Trinajstić information content (AvgIpc) is 1.87. The zero-order chi connectivity index (χ0) is 7.28. The van der Waals surface area contributed by atoms with Crippen molar-refractivity contribution in [1.29, 1.82) is 0 Å². The lowest BCUT2D eigenvalue weighted by Crippen LogP contribution is -2.10. The Morgan fingerprint density at radius 1 is 1.78 bits per heavy atom. The van der Waals surface area contributed by atoms with Gasteiger partial charge in [0.2, 0.25) is 10.5 Å². The normalized spacial score (nSPS) is 9.89. The van der Waals surface area contributed by atoms with Crippen LogP contribution in [0.5, 0.6) is 0 Å². The van der Waals surface area contributed by atoms with Crippen molar-refractivity contribution >= 4 is 33.5 Å². The molecule has 0 atom stereocenters. The number of carbonyl (C=O) groups is 1. The van der Waals surface area contributed by atoms with Crippen LogP contribution in [-0.2, 0) is 9.22 Å². The second-order valence-corrected chi connectivity index (χ2v) is 2.20. The molecule has 0 fully saturated rings. The fraction of sp³-hybridized carbons (Fsp3) is 0.200. The van der Waals surface area contributed by atoms with E-state index < -0.39 is 5.97 Å². The van der Waals surface area contributed by atoms with Crippen LogP contribution in [0, 0.1) is 0 Å². The van der Waals surface area contributed by atoms with Gasteiger partial charge in [-0.15, -0.1) is 0 Å². The zero-order valence-corrected chi connectivity index (χ0v) is 8.20. The van der Waals surface area contributed by atoms with Crippen LogP contribution in [0.2, 0.25) is 0 Å². The van der Waals surface area contributed by atoms with Crippen LogP contribution in [0.15, 0.2) is 12.2 Å². The lowest BCUT2D eigenvalue weighted by Gasteiger charge is -1.93. The summed E-state index contributed by atoms with van der Waals surface area (Å²) in [6.45, 7) is 1.80. The smallest absolute Gasteiger partial charge is 0.335 e. The van der Waals surface area contributed by atoms with Gasteiger partial charge in [-0.1, -0.05) is 18.3 Å². The number of hydrogen-bond acceptors (Lipinski definition) is 3. The second kappa shape index (κ2) is 4.40. The molecule has 0 aromatic heterocycles. The molecule has 0 aromatic rings. The molecule has 50 valence electrons. The third-order valence-corrected chi connectivity index (χ3v) is 1.38. The highest BCUT2D eigenvalue weighted by Crippen LogP contribution is 1.83. The largest absolute Gasteiger partial charge is 0.525 e. The van der Waals surface area contributed by atoms with Gasteiger partial charge < -0.3 is 4.43 Å². The summed E-state index contributed by atoms with van der Waals surface area (Å²) in [6.07, 6.45) is 3.26. The van der Waals surface area contributed by atoms with Crippen molar-refractivity contribution in [3.8, 4) is 0 Å². The topological polar surface area (TPSA) is 26.3 Å². The van der Waals surface area contributed by atoms with Crippen molar-refractivity contribution in [2.24, 2.45) is 0 Å². The highest BCUT2D eigenvalue weighted by Gasteiger charge is 2.01. The van der Waals surface area contributed by atoms with Gasteiger partial charge in [-0.05, 0) is 13.0 Å². The molecule has 0 saturated heterocycles. The Labute approximate surface area is 62.4 Å². The Morgan fingerprint density at radius 2 is 2.33 bits per heavy atom. The standard InChI is InChI=1S/C5H8O2SSi/c1-2-3-4(8)5(6)7-9/h2-3H,1,9H3. The van der Waals surface area contributed by atoms with Gasteiger partial charge in [0.15, 0.2) is 0 Å². The Morgan fingerprint density at radius 3 is 2.67 bits per heavy atom. The Hall–Kier alpha value is -0.483. The molecule has 0 spiro atoms. The van der Waals surface area contributed by atoms with Crippen LogP contribution in [-0.4, -0.2) is 21.3 Å². The maximum atomic E-state index is 10.5. The lowest BCUT2D eigenvalue weighted by atomic mass is 10.4. The monoisotopic (exact) mass is 160 g/mol. The van der Waals surface area contributed by atoms with Gasteiger partial charge in [-0.25, -0.2) is 4.79 Å². The Bertz CT molecular complexity index is 153. The van der Waals surface area contributed by atoms with Gasteiger partial charge in [0, 0.05) is 0 Å². The summed E-state index contributed by atoms with van der Waals surface area (Å²) in [5.41, 5.74) is 0. The summed E-state index contributed by atoms with van der Waals surface area (Å²) in [7, 11) is 0.407. The van der Waals surface area contributed by atoms with Crippen molar-refractivity contribution < 1.29 is 9.22 Å². The first-order valence-corrected chi connectivity index (χ1v) is 3.69. The van der Waals surface area contributed by atoms with Gasteiger partial charge in [-0.2, -0.15) is 0 Å². The lowest BCUT2D eigenvalue weighted by molar-refractivity contribution is -0.126. The van der Waals surface area contributed by atoms with E-state index in [4.69, 9.17) is 0 Å². The van der Waals surface area contributed by atoms with Gasteiger partial charge in [0.05, 0.1) is 0 Å². The summed E-state index contributed by atoms with van der Waals surface area (Å²) < 4.78 is 4.47. The molecule has 0 aliphatic carbocycles. The maximum Gasteiger partial charge on any atom is 0.335 e. The number of hydrogen-bond donors (Lipinski definition) is 0. The van der Waals surface area contributed by atoms with Crippen molar-refractivity contribution in [1.82, 2.24) is 0 Å². The van der Waals surface area contributed by atoms with E-state index in [2.05, 4.69) is 16.6 Å². The molecular weight excluding hydrogens is 152 g/mol. The molecule has 0 N–H and O–H groups in total. The molecule has 0 aromatic carbocycles. The average molecular weight is 160 g/mol. The first-order valence-electron chi connectivity index (χ1n) is 2.47. The van der Waals surface area contributed by atoms with E-state index in [1.165, 1.54) is 0 Å². The molecule has 2 nitrogen and oxygen atoms in total. The van der Waals surface area contributed by atoms with E-state index in [1.807, 2.05) is 0 Å². The van der Waals surface area contributed by atoms with Crippen LogP contribution >= 0.6 is 12.2 Å². The Balaban J connectivity index is 3.89. The van der Waals surface area contributed by atoms with Crippen molar-refractivity contribution in [3.05, 3.63) is 12.2 Å². The first-order chi connectivity index (χ1) is 4.22. The third-order valence-electron chi connectivity index (χ3n) is 0.705. The molecule has 0 rings (SSSR count). The quantitative estimate of drug-likeness (QED) is 0.317. The van der Waals surface area contributed by atoms with E-state index in [-0.39, 0.29) is 4.86 Å². The van der Waals surface area contributed by atoms with Crippen molar-refractivity contribution in [3.63, 3.8) is 0 Å². The third kappa shape index (κ3) is 3.15. The first kappa shape index (κ1) is 8.52. The number of rotatable bonds is 2. The predicted molar refractivity (Wildman–Crippen MR) is 43.4 cm³/mol. The van der Waals surface area contributed by atoms with E-state index in [0.29, 0.717) is 10.5 Å². The zero-order valence-electron chi connectivity index (χ0n) is 5.38. The van der Waals surface area contributed by atoms with Crippen LogP contribution in [0.25, 0.3) is 0 Å². The highest BCUT2D eigenvalue weighted by atomic mass is 32.1. The molecule has 0 aliphatic rings. The Kier molecular flexibility index (Phi) is 4.16. The SMILES string of the molecule is CC=CC(=S)C(=O)O[SiH3]. The summed E-state index contributed by atoms with van der Waals surface area (Å²) in [5, 5.41) is 0. The summed E-state index contributed by atoms with van der Waals surface area (Å²) in [6, 6.07) is 0. The number of carbonyl (C=O) groups excluding carboxylic acids is 1.